The van der Waals surface area contributed by atoms with Crippen LogP contribution in [0.25, 0.3) is 0 Å². The van der Waals surface area contributed by atoms with Crippen molar-refractivity contribution in [1.29, 1.82) is 0 Å². The van der Waals surface area contributed by atoms with E-state index in [0.29, 0.717) is 25.5 Å². The number of nitrogens with one attached hydrogen (secondary N) is 1. The monoisotopic (exact) mass is 299 g/mol. The van der Waals surface area contributed by atoms with Crippen molar-refractivity contribution in [2.45, 2.75) is 19.4 Å². The second kappa shape index (κ2) is 9.49. The molecule has 0 spiro atoms. The molecule has 0 saturated heterocycles. The van der Waals surface area contributed by atoms with Crippen molar-refractivity contribution in [1.82, 2.24) is 14.5 Å². The van der Waals surface area contributed by atoms with Crippen LogP contribution in [0.15, 0.2) is 15.7 Å². The number of methoxy groups -OCH3 is 1. The fourth-order valence-corrected chi connectivity index (χ4v) is 1.86. The lowest BCUT2D eigenvalue weighted by atomic mass is 10.3. The molecular weight excluding hydrogens is 274 g/mol. The third-order valence-corrected chi connectivity index (χ3v) is 3.26. The van der Waals surface area contributed by atoms with Gasteiger partial charge in [-0.05, 0) is 19.4 Å². The van der Waals surface area contributed by atoms with Gasteiger partial charge in [0.2, 0.25) is 0 Å². The molecule has 0 fully saturated rings. The van der Waals surface area contributed by atoms with Crippen molar-refractivity contribution >= 4 is 0 Å². The fraction of sp³-hybridized carbons (Fsp3) is 0.714. The highest BCUT2D eigenvalue weighted by Crippen LogP contribution is 1.92. The molecular formula is C14H25N3O4. The Kier molecular flexibility index (Phi) is 7.96. The van der Waals surface area contributed by atoms with Crippen molar-refractivity contribution < 1.29 is 9.47 Å². The Hall–Kier alpha value is -1.44. The van der Waals surface area contributed by atoms with E-state index in [4.69, 9.17) is 9.47 Å². The Bertz CT molecular complexity index is 536. The lowest BCUT2D eigenvalue weighted by Gasteiger charge is -2.10. The van der Waals surface area contributed by atoms with Crippen molar-refractivity contribution in [3.63, 3.8) is 0 Å². The van der Waals surface area contributed by atoms with Crippen LogP contribution in [-0.2, 0) is 30.1 Å². The molecule has 1 aromatic heterocycles. The maximum Gasteiger partial charge on any atom is 0.330 e. The molecule has 1 aromatic rings. The third kappa shape index (κ3) is 5.82. The van der Waals surface area contributed by atoms with Gasteiger partial charge in [-0.3, -0.25) is 13.9 Å². The lowest BCUT2D eigenvalue weighted by Crippen LogP contribution is -2.39. The van der Waals surface area contributed by atoms with Crippen LogP contribution in [0.3, 0.4) is 0 Å². The zero-order chi connectivity index (χ0) is 15.7. The molecule has 120 valence electrons. The molecule has 0 aromatic carbocycles. The van der Waals surface area contributed by atoms with Crippen molar-refractivity contribution in [2.75, 3.05) is 33.5 Å². The Morgan fingerprint density at radius 3 is 2.57 bits per heavy atom. The highest BCUT2D eigenvalue weighted by Gasteiger charge is 2.04. The highest BCUT2D eigenvalue weighted by atomic mass is 16.5. The quantitative estimate of drug-likeness (QED) is 0.596. The van der Waals surface area contributed by atoms with Crippen LogP contribution in [0, 0.1) is 0 Å². The summed E-state index contributed by atoms with van der Waals surface area (Å²) in [6.45, 7) is 3.29. The minimum absolute atomic E-state index is 0.276. The van der Waals surface area contributed by atoms with E-state index >= 15 is 0 Å². The van der Waals surface area contributed by atoms with Crippen molar-refractivity contribution in [2.24, 2.45) is 14.1 Å². The van der Waals surface area contributed by atoms with E-state index in [1.54, 1.807) is 14.2 Å². The number of aromatic nitrogens is 2. The molecule has 0 atom stereocenters. The first-order valence-corrected chi connectivity index (χ1v) is 7.11. The summed E-state index contributed by atoms with van der Waals surface area (Å²) >= 11 is 0. The van der Waals surface area contributed by atoms with Gasteiger partial charge < -0.3 is 14.8 Å². The summed E-state index contributed by atoms with van der Waals surface area (Å²) in [5.74, 6) is 0. The second-order valence-corrected chi connectivity index (χ2v) is 4.86. The zero-order valence-corrected chi connectivity index (χ0v) is 13.1. The number of hydrogen-bond donors (Lipinski definition) is 1. The molecule has 0 amide bonds. The van der Waals surface area contributed by atoms with Gasteiger partial charge in [-0.2, -0.15) is 0 Å². The van der Waals surface area contributed by atoms with E-state index in [1.807, 2.05) is 0 Å². The summed E-state index contributed by atoms with van der Waals surface area (Å²) in [7, 11) is 4.80. The van der Waals surface area contributed by atoms with E-state index in [0.717, 1.165) is 30.6 Å². The molecule has 0 bridgehead atoms. The predicted octanol–water partition coefficient (Wildman–Crippen LogP) is -0.383. The first kappa shape index (κ1) is 17.6. The Morgan fingerprint density at radius 1 is 1.10 bits per heavy atom. The van der Waals surface area contributed by atoms with E-state index in [-0.39, 0.29) is 11.2 Å². The topological polar surface area (TPSA) is 74.5 Å². The summed E-state index contributed by atoms with van der Waals surface area (Å²) in [6, 6.07) is 1.49. The van der Waals surface area contributed by atoms with E-state index < -0.39 is 0 Å². The molecule has 0 aliphatic carbocycles. The van der Waals surface area contributed by atoms with Gasteiger partial charge in [0.1, 0.15) is 0 Å². The standard InChI is InChI=1S/C14H25N3O4/c1-16-12(10-13(18)17(2)14(16)19)11-15-6-4-5-7-21-9-8-20-3/h10,15H,4-9,11H2,1-3H3. The maximum atomic E-state index is 11.7. The maximum absolute atomic E-state index is 11.7. The molecule has 1 N–H and O–H groups in total. The summed E-state index contributed by atoms with van der Waals surface area (Å²) in [5, 5.41) is 3.23. The van der Waals surface area contributed by atoms with Crippen molar-refractivity contribution in [3.8, 4) is 0 Å². The van der Waals surface area contributed by atoms with Gasteiger partial charge in [-0.1, -0.05) is 0 Å². The minimum atomic E-state index is -0.300. The Labute approximate surface area is 124 Å². The molecule has 0 aliphatic heterocycles. The van der Waals surface area contributed by atoms with Crippen molar-refractivity contribution in [3.05, 3.63) is 32.6 Å². The average molecular weight is 299 g/mol. The van der Waals surface area contributed by atoms with E-state index in [2.05, 4.69) is 5.32 Å². The van der Waals surface area contributed by atoms with E-state index in [1.165, 1.54) is 17.7 Å². The van der Waals surface area contributed by atoms with Crippen LogP contribution in [0.2, 0.25) is 0 Å². The molecule has 1 heterocycles. The molecule has 0 unspecified atom stereocenters. The van der Waals surface area contributed by atoms with Gasteiger partial charge in [0, 0.05) is 46.1 Å². The van der Waals surface area contributed by atoms with E-state index in [9.17, 15) is 9.59 Å². The molecule has 7 nitrogen and oxygen atoms in total. The SMILES string of the molecule is COCCOCCCCNCc1cc(=O)n(C)c(=O)n1C. The predicted molar refractivity (Wildman–Crippen MR) is 80.6 cm³/mol. The van der Waals surface area contributed by atoms with Crippen LogP contribution in [-0.4, -0.2) is 42.6 Å². The van der Waals surface area contributed by atoms with Gasteiger partial charge in [0.25, 0.3) is 5.56 Å². The highest BCUT2D eigenvalue weighted by molar-refractivity contribution is 5.01. The molecule has 21 heavy (non-hydrogen) atoms. The van der Waals surface area contributed by atoms with Crippen LogP contribution >= 0.6 is 0 Å². The first-order valence-electron chi connectivity index (χ1n) is 7.11. The van der Waals surface area contributed by atoms with Gasteiger partial charge in [-0.15, -0.1) is 0 Å². The van der Waals surface area contributed by atoms with Gasteiger partial charge >= 0.3 is 5.69 Å². The number of nitrogens with zero attached hydrogens (tertiary/aromatic N) is 2. The lowest BCUT2D eigenvalue weighted by molar-refractivity contribution is 0.0688. The summed E-state index contributed by atoms with van der Waals surface area (Å²) < 4.78 is 12.8. The third-order valence-electron chi connectivity index (χ3n) is 3.26. The number of unbranched alkanes of at least 4 members (excludes halogenated alkanes) is 1. The van der Waals surface area contributed by atoms with Crippen LogP contribution < -0.4 is 16.6 Å². The van der Waals surface area contributed by atoms with Crippen LogP contribution in [0.5, 0.6) is 0 Å². The molecule has 0 aliphatic rings. The molecule has 7 heteroatoms. The number of hydrogen-bond acceptors (Lipinski definition) is 5. The Morgan fingerprint density at radius 2 is 1.86 bits per heavy atom. The largest absolute Gasteiger partial charge is 0.382 e. The van der Waals surface area contributed by atoms with Crippen LogP contribution in [0.1, 0.15) is 18.5 Å². The summed E-state index contributed by atoms with van der Waals surface area (Å²) in [5.41, 5.74) is 0.117. The Balaban J connectivity index is 2.25. The van der Waals surface area contributed by atoms with Crippen LogP contribution in [0.4, 0.5) is 0 Å². The molecule has 1 rings (SSSR count). The summed E-state index contributed by atoms with van der Waals surface area (Å²) in [6.07, 6.45) is 1.94. The molecule has 0 saturated carbocycles. The number of rotatable bonds is 10. The van der Waals surface area contributed by atoms with Gasteiger partial charge in [0.15, 0.2) is 0 Å². The fourth-order valence-electron chi connectivity index (χ4n) is 1.86. The molecule has 0 radical (unpaired) electrons. The minimum Gasteiger partial charge on any atom is -0.382 e. The van der Waals surface area contributed by atoms with Gasteiger partial charge in [-0.25, -0.2) is 4.79 Å². The normalized spacial score (nSPS) is 11.0. The van der Waals surface area contributed by atoms with Gasteiger partial charge in [0.05, 0.1) is 13.2 Å². The smallest absolute Gasteiger partial charge is 0.330 e. The first-order chi connectivity index (χ1) is 10.1. The number of ether oxygens (including phenoxy) is 2. The average Bonchev–Trinajstić information content (AvgIpc) is 2.48. The summed E-state index contributed by atoms with van der Waals surface area (Å²) in [4.78, 5) is 23.3. The second-order valence-electron chi connectivity index (χ2n) is 4.86. The zero-order valence-electron chi connectivity index (χ0n) is 13.1.